The van der Waals surface area contributed by atoms with Crippen LogP contribution in [0.3, 0.4) is 0 Å². The maximum atomic E-state index is 12.6. The molecular formula is C32H29N3O2S. The Balaban J connectivity index is 1.33. The number of ether oxygens (including phenoxy) is 1. The molecule has 1 aliphatic carbocycles. The number of carbonyl (C=O) groups is 1. The van der Waals surface area contributed by atoms with E-state index in [2.05, 4.69) is 53.1 Å². The van der Waals surface area contributed by atoms with Gasteiger partial charge in [0.05, 0.1) is 18.0 Å². The van der Waals surface area contributed by atoms with Crippen LogP contribution >= 0.6 is 11.3 Å². The number of rotatable bonds is 6. The van der Waals surface area contributed by atoms with E-state index in [1.807, 2.05) is 54.9 Å². The van der Waals surface area contributed by atoms with Gasteiger partial charge in [0.1, 0.15) is 4.88 Å². The lowest BCUT2D eigenvalue weighted by atomic mass is 9.99. The van der Waals surface area contributed by atoms with Gasteiger partial charge in [-0.3, -0.25) is 4.98 Å². The molecule has 2 aliphatic heterocycles. The Labute approximate surface area is 226 Å². The van der Waals surface area contributed by atoms with Gasteiger partial charge in [-0.05, 0) is 82.3 Å². The summed E-state index contributed by atoms with van der Waals surface area (Å²) in [5, 5.41) is 11.0. The summed E-state index contributed by atoms with van der Waals surface area (Å²) in [7, 11) is 0. The Bertz CT molecular complexity index is 1640. The fourth-order valence-corrected chi connectivity index (χ4v) is 5.56. The largest absolute Gasteiger partial charge is 0.461 e. The van der Waals surface area contributed by atoms with E-state index >= 15 is 0 Å². The number of hydrogen-bond donors (Lipinski definition) is 2. The topological polar surface area (TPSA) is 63.2 Å². The Morgan fingerprint density at radius 1 is 1.08 bits per heavy atom. The third-order valence-corrected chi connectivity index (χ3v) is 7.86. The molecule has 0 radical (unpaired) electrons. The van der Waals surface area contributed by atoms with Gasteiger partial charge in [-0.15, -0.1) is 11.3 Å². The molecule has 6 heteroatoms. The quantitative estimate of drug-likeness (QED) is 0.472. The molecule has 0 saturated carbocycles. The summed E-state index contributed by atoms with van der Waals surface area (Å²) in [6.45, 7) is 4.33. The van der Waals surface area contributed by atoms with Crippen molar-refractivity contribution in [2.45, 2.75) is 13.3 Å². The van der Waals surface area contributed by atoms with Gasteiger partial charge in [-0.1, -0.05) is 42.5 Å². The summed E-state index contributed by atoms with van der Waals surface area (Å²) in [4.78, 5) is 18.0. The smallest absolute Gasteiger partial charge is 0.348 e. The van der Waals surface area contributed by atoms with Crippen LogP contribution < -0.4 is 21.1 Å². The molecule has 3 aromatic rings. The SMILES string of the molecule is Cc1cccc(C2=C(c3ccc4c(c3)=CC(c3csc(C(=O)OCC5CNC5)c3)=CCC=4)C=CC=CN2)n1. The summed E-state index contributed by atoms with van der Waals surface area (Å²) in [5.74, 6) is 0.200. The lowest BCUT2D eigenvalue weighted by Crippen LogP contribution is -2.44. The predicted molar refractivity (Wildman–Crippen MR) is 155 cm³/mol. The standard InChI is InChI=1S/C32H29N3O2S/c1-21-6-4-10-29(35-21)31-28(9-2-3-13-34-31)25-12-11-23-7-5-8-24(14-26(23)15-25)27-16-30(38-20-27)32(36)37-19-22-17-33-18-22/h2-4,6-16,20,22,33-34H,5,17-19H2,1H3. The van der Waals surface area contributed by atoms with Crippen LogP contribution in [0.2, 0.25) is 0 Å². The second kappa shape index (κ2) is 10.8. The van der Waals surface area contributed by atoms with Gasteiger partial charge in [0, 0.05) is 36.5 Å². The van der Waals surface area contributed by atoms with Crippen molar-refractivity contribution in [2.75, 3.05) is 19.7 Å². The summed E-state index contributed by atoms with van der Waals surface area (Å²) >= 11 is 1.44. The number of fused-ring (bicyclic) bond motifs is 1. The van der Waals surface area contributed by atoms with E-state index in [1.54, 1.807) is 0 Å². The van der Waals surface area contributed by atoms with Crippen LogP contribution in [0.25, 0.3) is 29.0 Å². The fourth-order valence-electron chi connectivity index (χ4n) is 4.75. The van der Waals surface area contributed by atoms with Crippen molar-refractivity contribution in [3.05, 3.63) is 116 Å². The monoisotopic (exact) mass is 519 g/mol. The molecular weight excluding hydrogens is 490 g/mol. The number of thiophene rings is 1. The Kier molecular flexibility index (Phi) is 6.90. The van der Waals surface area contributed by atoms with E-state index < -0.39 is 0 Å². The predicted octanol–water partition coefficient (Wildman–Crippen LogP) is 4.42. The van der Waals surface area contributed by atoms with Gasteiger partial charge in [0.15, 0.2) is 0 Å². The minimum atomic E-state index is -0.234. The number of aryl methyl sites for hydroxylation is 1. The molecule has 38 heavy (non-hydrogen) atoms. The van der Waals surface area contributed by atoms with Crippen molar-refractivity contribution in [1.82, 2.24) is 15.6 Å². The maximum Gasteiger partial charge on any atom is 0.348 e. The molecule has 0 spiro atoms. The zero-order valence-corrected chi connectivity index (χ0v) is 22.1. The van der Waals surface area contributed by atoms with Crippen LogP contribution in [0.4, 0.5) is 0 Å². The molecule has 6 rings (SSSR count). The number of nitrogens with one attached hydrogen (secondary N) is 2. The van der Waals surface area contributed by atoms with E-state index in [4.69, 9.17) is 9.72 Å². The number of esters is 1. The summed E-state index contributed by atoms with van der Waals surface area (Å²) < 4.78 is 5.53. The number of benzene rings is 1. The van der Waals surface area contributed by atoms with Crippen LogP contribution in [0, 0.1) is 12.8 Å². The highest BCUT2D eigenvalue weighted by atomic mass is 32.1. The molecule has 190 valence electrons. The minimum Gasteiger partial charge on any atom is -0.461 e. The number of allylic oxidation sites excluding steroid dienone is 6. The molecule has 0 unspecified atom stereocenters. The average Bonchev–Trinajstić information content (AvgIpc) is 3.12. The summed E-state index contributed by atoms with van der Waals surface area (Å²) in [6.07, 6.45) is 15.6. The van der Waals surface area contributed by atoms with Crippen LogP contribution in [-0.4, -0.2) is 30.6 Å². The Morgan fingerprint density at radius 3 is 2.84 bits per heavy atom. The number of carbonyl (C=O) groups excluding carboxylic acids is 1. The molecule has 0 amide bonds. The maximum absolute atomic E-state index is 12.6. The van der Waals surface area contributed by atoms with Crippen molar-refractivity contribution in [1.29, 1.82) is 0 Å². The number of hydrogen-bond acceptors (Lipinski definition) is 6. The van der Waals surface area contributed by atoms with Crippen LogP contribution in [0.15, 0.2) is 78.3 Å². The zero-order chi connectivity index (χ0) is 25.9. The Morgan fingerprint density at radius 2 is 2.00 bits per heavy atom. The minimum absolute atomic E-state index is 0.234. The van der Waals surface area contributed by atoms with E-state index in [1.165, 1.54) is 16.6 Å². The highest BCUT2D eigenvalue weighted by Crippen LogP contribution is 2.27. The second-order valence-corrected chi connectivity index (χ2v) is 10.6. The highest BCUT2D eigenvalue weighted by molar-refractivity contribution is 7.12. The molecule has 1 fully saturated rings. The molecule has 0 bridgehead atoms. The number of pyridine rings is 1. The van der Waals surface area contributed by atoms with E-state index in [0.29, 0.717) is 17.4 Å². The van der Waals surface area contributed by atoms with Gasteiger partial charge < -0.3 is 15.4 Å². The van der Waals surface area contributed by atoms with Crippen molar-refractivity contribution < 1.29 is 9.53 Å². The average molecular weight is 520 g/mol. The normalized spacial score (nSPS) is 16.7. The first-order valence-corrected chi connectivity index (χ1v) is 13.8. The van der Waals surface area contributed by atoms with Crippen LogP contribution in [-0.2, 0) is 4.74 Å². The van der Waals surface area contributed by atoms with Gasteiger partial charge in [0.2, 0.25) is 0 Å². The molecule has 4 heterocycles. The molecule has 2 N–H and O–H groups in total. The molecule has 5 nitrogen and oxygen atoms in total. The van der Waals surface area contributed by atoms with E-state index in [-0.39, 0.29) is 5.97 Å². The number of nitrogens with zero attached hydrogens (tertiary/aromatic N) is 1. The highest BCUT2D eigenvalue weighted by Gasteiger charge is 2.20. The first kappa shape index (κ1) is 24.3. The van der Waals surface area contributed by atoms with Crippen molar-refractivity contribution >= 4 is 46.3 Å². The molecule has 2 aromatic heterocycles. The van der Waals surface area contributed by atoms with Gasteiger partial charge in [-0.25, -0.2) is 4.79 Å². The van der Waals surface area contributed by atoms with E-state index in [9.17, 15) is 4.79 Å². The molecule has 1 aromatic carbocycles. The Hall–Kier alpha value is -4.00. The van der Waals surface area contributed by atoms with E-state index in [0.717, 1.165) is 64.1 Å². The fraction of sp³-hybridized carbons (Fsp3) is 0.188. The van der Waals surface area contributed by atoms with Crippen LogP contribution in [0.5, 0.6) is 0 Å². The first-order chi connectivity index (χ1) is 18.6. The first-order valence-electron chi connectivity index (χ1n) is 12.9. The zero-order valence-electron chi connectivity index (χ0n) is 21.2. The summed E-state index contributed by atoms with van der Waals surface area (Å²) in [6, 6.07) is 14.6. The number of aromatic nitrogens is 1. The van der Waals surface area contributed by atoms with Crippen molar-refractivity contribution in [3.8, 4) is 0 Å². The molecule has 0 atom stereocenters. The van der Waals surface area contributed by atoms with Crippen LogP contribution in [0.1, 0.15) is 38.6 Å². The lowest BCUT2D eigenvalue weighted by Gasteiger charge is -2.26. The van der Waals surface area contributed by atoms with Gasteiger partial charge in [0.25, 0.3) is 0 Å². The third kappa shape index (κ3) is 5.19. The van der Waals surface area contributed by atoms with Crippen molar-refractivity contribution in [2.24, 2.45) is 5.92 Å². The summed E-state index contributed by atoms with van der Waals surface area (Å²) in [5.41, 5.74) is 7.22. The third-order valence-electron chi connectivity index (χ3n) is 6.95. The second-order valence-electron chi connectivity index (χ2n) is 9.73. The van der Waals surface area contributed by atoms with Crippen molar-refractivity contribution in [3.63, 3.8) is 0 Å². The van der Waals surface area contributed by atoms with Gasteiger partial charge >= 0.3 is 5.97 Å². The van der Waals surface area contributed by atoms with Gasteiger partial charge in [-0.2, -0.15) is 0 Å². The molecule has 3 aliphatic rings. The molecule has 1 saturated heterocycles. The lowest BCUT2D eigenvalue weighted by molar-refractivity contribution is 0.0403.